The number of rotatable bonds is 4. The van der Waals surface area contributed by atoms with Crippen LogP contribution in [0.15, 0.2) is 33.2 Å². The van der Waals surface area contributed by atoms with Crippen molar-refractivity contribution in [2.24, 2.45) is 0 Å². The lowest BCUT2D eigenvalue weighted by Gasteiger charge is -2.04. The molecule has 0 aliphatic carbocycles. The van der Waals surface area contributed by atoms with Crippen molar-refractivity contribution in [3.05, 3.63) is 57.5 Å². The van der Waals surface area contributed by atoms with Crippen LogP contribution in [-0.2, 0) is 6.54 Å². The smallest absolute Gasteiger partial charge is 0.274 e. The maximum atomic E-state index is 12.3. The van der Waals surface area contributed by atoms with Gasteiger partial charge in [0.05, 0.1) is 23.6 Å². The Bertz CT molecular complexity index is 880. The fraction of sp³-hybridized carbons (Fsp3) is 0.250. The van der Waals surface area contributed by atoms with Crippen LogP contribution in [0, 0.1) is 20.8 Å². The molecule has 8 heteroatoms. The second kappa shape index (κ2) is 6.56. The van der Waals surface area contributed by atoms with Crippen LogP contribution in [-0.4, -0.2) is 25.9 Å². The van der Waals surface area contributed by atoms with Gasteiger partial charge in [0.2, 0.25) is 5.89 Å². The van der Waals surface area contributed by atoms with E-state index in [0.717, 1.165) is 21.6 Å². The molecule has 0 aliphatic rings. The van der Waals surface area contributed by atoms with E-state index in [1.807, 2.05) is 38.1 Å². The number of amides is 1. The number of aryl methyl sites for hydroxylation is 2. The zero-order chi connectivity index (χ0) is 17.3. The number of benzene rings is 1. The number of carbonyl (C=O) groups excluding carboxylic acids is 1. The monoisotopic (exact) mass is 389 g/mol. The lowest BCUT2D eigenvalue weighted by atomic mass is 10.3. The molecule has 0 aliphatic heterocycles. The molecule has 0 atom stereocenters. The van der Waals surface area contributed by atoms with Gasteiger partial charge in [0.15, 0.2) is 5.69 Å². The Hall–Kier alpha value is -2.48. The lowest BCUT2D eigenvalue weighted by Crippen LogP contribution is -2.24. The van der Waals surface area contributed by atoms with Crippen molar-refractivity contribution in [1.29, 1.82) is 0 Å². The van der Waals surface area contributed by atoms with Gasteiger partial charge in [0, 0.05) is 4.47 Å². The van der Waals surface area contributed by atoms with Crippen LogP contribution < -0.4 is 5.32 Å². The Balaban J connectivity index is 1.76. The minimum Gasteiger partial charge on any atom is -0.444 e. The third-order valence-electron chi connectivity index (χ3n) is 3.64. The van der Waals surface area contributed by atoms with Crippen LogP contribution in [0.5, 0.6) is 0 Å². The molecule has 7 nitrogen and oxygen atoms in total. The van der Waals surface area contributed by atoms with Gasteiger partial charge in [-0.05, 0) is 39.0 Å². The third-order valence-corrected chi connectivity index (χ3v) is 4.13. The van der Waals surface area contributed by atoms with Crippen LogP contribution in [0.3, 0.4) is 0 Å². The van der Waals surface area contributed by atoms with Gasteiger partial charge in [-0.3, -0.25) is 4.79 Å². The van der Waals surface area contributed by atoms with E-state index in [4.69, 9.17) is 4.42 Å². The lowest BCUT2D eigenvalue weighted by molar-refractivity contribution is 0.0941. The fourth-order valence-corrected chi connectivity index (χ4v) is 2.63. The van der Waals surface area contributed by atoms with Crippen molar-refractivity contribution in [3.63, 3.8) is 0 Å². The minimum atomic E-state index is -0.317. The second-order valence-electron chi connectivity index (χ2n) is 5.35. The zero-order valence-corrected chi connectivity index (χ0v) is 15.1. The first-order valence-corrected chi connectivity index (χ1v) is 8.14. The Morgan fingerprint density at radius 1 is 1.33 bits per heavy atom. The standard InChI is InChI=1S/C16H16BrN5O2/c1-9-11(3)24-14(19-9)8-18-16(23)15-10(2)22(21-20-15)13-6-4-5-12(17)7-13/h4-7H,8H2,1-3H3,(H,18,23). The molecule has 2 aromatic heterocycles. The molecule has 0 fully saturated rings. The molecule has 3 aromatic rings. The van der Waals surface area contributed by atoms with Gasteiger partial charge in [-0.2, -0.15) is 0 Å². The number of nitrogens with zero attached hydrogens (tertiary/aromatic N) is 4. The molecule has 0 spiro atoms. The maximum Gasteiger partial charge on any atom is 0.274 e. The highest BCUT2D eigenvalue weighted by Gasteiger charge is 2.18. The molecular formula is C16H16BrN5O2. The average molecular weight is 390 g/mol. The van der Waals surface area contributed by atoms with E-state index in [0.29, 0.717) is 11.6 Å². The Kier molecular flexibility index (Phi) is 4.48. The zero-order valence-electron chi connectivity index (χ0n) is 13.5. The molecule has 0 bridgehead atoms. The first kappa shape index (κ1) is 16.4. The van der Waals surface area contributed by atoms with Gasteiger partial charge in [0.25, 0.3) is 5.91 Å². The quantitative estimate of drug-likeness (QED) is 0.741. The number of hydrogen-bond acceptors (Lipinski definition) is 5. The summed E-state index contributed by atoms with van der Waals surface area (Å²) in [5.74, 6) is 0.897. The molecule has 0 unspecified atom stereocenters. The summed E-state index contributed by atoms with van der Waals surface area (Å²) in [6.45, 7) is 5.70. The number of hydrogen-bond donors (Lipinski definition) is 1. The van der Waals surface area contributed by atoms with Crippen LogP contribution in [0.25, 0.3) is 5.69 Å². The van der Waals surface area contributed by atoms with Gasteiger partial charge < -0.3 is 9.73 Å². The molecule has 124 valence electrons. The van der Waals surface area contributed by atoms with Gasteiger partial charge in [-0.15, -0.1) is 5.10 Å². The SMILES string of the molecule is Cc1nc(CNC(=O)c2nnn(-c3cccc(Br)c3)c2C)oc1C. The number of halogens is 1. The van der Waals surface area contributed by atoms with Gasteiger partial charge in [0.1, 0.15) is 5.76 Å². The molecule has 1 N–H and O–H groups in total. The Labute approximate surface area is 147 Å². The van der Waals surface area contributed by atoms with Crippen LogP contribution in [0.1, 0.15) is 33.5 Å². The summed E-state index contributed by atoms with van der Waals surface area (Å²) in [4.78, 5) is 16.6. The molecule has 1 amide bonds. The molecule has 2 heterocycles. The first-order valence-electron chi connectivity index (χ1n) is 7.35. The number of aromatic nitrogens is 4. The van der Waals surface area contributed by atoms with Gasteiger partial charge >= 0.3 is 0 Å². The van der Waals surface area contributed by atoms with Crippen LogP contribution in [0.2, 0.25) is 0 Å². The van der Waals surface area contributed by atoms with E-state index in [-0.39, 0.29) is 18.1 Å². The predicted octanol–water partition coefficient (Wildman–Crippen LogP) is 2.87. The van der Waals surface area contributed by atoms with Crippen molar-refractivity contribution >= 4 is 21.8 Å². The summed E-state index contributed by atoms with van der Waals surface area (Å²) in [5.41, 5.74) is 2.57. The van der Waals surface area contributed by atoms with E-state index >= 15 is 0 Å². The Morgan fingerprint density at radius 3 is 2.79 bits per heavy atom. The topological polar surface area (TPSA) is 85.8 Å². The van der Waals surface area contributed by atoms with E-state index in [2.05, 4.69) is 36.5 Å². The van der Waals surface area contributed by atoms with Crippen molar-refractivity contribution in [2.75, 3.05) is 0 Å². The van der Waals surface area contributed by atoms with Crippen molar-refractivity contribution < 1.29 is 9.21 Å². The Morgan fingerprint density at radius 2 is 2.12 bits per heavy atom. The van der Waals surface area contributed by atoms with Crippen molar-refractivity contribution in [3.8, 4) is 5.69 Å². The predicted molar refractivity (Wildman–Crippen MR) is 90.9 cm³/mol. The summed E-state index contributed by atoms with van der Waals surface area (Å²) < 4.78 is 8.00. The van der Waals surface area contributed by atoms with E-state index in [1.54, 1.807) is 11.6 Å². The van der Waals surface area contributed by atoms with E-state index < -0.39 is 0 Å². The number of carbonyl (C=O) groups is 1. The summed E-state index contributed by atoms with van der Waals surface area (Å²) >= 11 is 3.42. The summed E-state index contributed by atoms with van der Waals surface area (Å²) in [6, 6.07) is 7.62. The average Bonchev–Trinajstić information content (AvgIpc) is 3.08. The van der Waals surface area contributed by atoms with Gasteiger partial charge in [-0.1, -0.05) is 27.2 Å². The minimum absolute atomic E-state index is 0.205. The molecule has 0 saturated carbocycles. The third kappa shape index (κ3) is 3.23. The molecule has 0 saturated heterocycles. The van der Waals surface area contributed by atoms with Gasteiger partial charge in [-0.25, -0.2) is 9.67 Å². The fourth-order valence-electron chi connectivity index (χ4n) is 2.25. The second-order valence-corrected chi connectivity index (χ2v) is 6.26. The highest BCUT2D eigenvalue weighted by atomic mass is 79.9. The molecule has 3 rings (SSSR count). The number of nitrogens with one attached hydrogen (secondary N) is 1. The summed E-state index contributed by atoms with van der Waals surface area (Å²) in [5, 5.41) is 10.8. The highest BCUT2D eigenvalue weighted by molar-refractivity contribution is 9.10. The molecule has 1 aromatic carbocycles. The molecule has 0 radical (unpaired) electrons. The first-order chi connectivity index (χ1) is 11.5. The van der Waals surface area contributed by atoms with Crippen molar-refractivity contribution in [1.82, 2.24) is 25.3 Å². The maximum absolute atomic E-state index is 12.3. The van der Waals surface area contributed by atoms with E-state index in [9.17, 15) is 4.79 Å². The summed E-state index contributed by atoms with van der Waals surface area (Å²) in [7, 11) is 0. The molecule has 24 heavy (non-hydrogen) atoms. The van der Waals surface area contributed by atoms with Crippen LogP contribution in [0.4, 0.5) is 0 Å². The van der Waals surface area contributed by atoms with Crippen LogP contribution >= 0.6 is 15.9 Å². The number of oxazole rings is 1. The normalized spacial score (nSPS) is 10.8. The van der Waals surface area contributed by atoms with E-state index in [1.165, 1.54) is 0 Å². The summed E-state index contributed by atoms with van der Waals surface area (Å²) in [6.07, 6.45) is 0. The molecular weight excluding hydrogens is 374 g/mol. The van der Waals surface area contributed by atoms with Crippen molar-refractivity contribution in [2.45, 2.75) is 27.3 Å². The largest absolute Gasteiger partial charge is 0.444 e. The highest BCUT2D eigenvalue weighted by Crippen LogP contribution is 2.17.